The number of benzene rings is 2. The van der Waals surface area contributed by atoms with E-state index in [0.29, 0.717) is 55.8 Å². The van der Waals surface area contributed by atoms with Gasteiger partial charge in [0.15, 0.2) is 0 Å². The lowest BCUT2D eigenvalue weighted by Gasteiger charge is -2.27. The molecule has 2 N–H and O–H groups in total. The largest absolute Gasteiger partial charge is 0.378 e. The third-order valence-corrected chi connectivity index (χ3v) is 4.85. The van der Waals surface area contributed by atoms with Gasteiger partial charge in [-0.1, -0.05) is 26.0 Å². The minimum atomic E-state index is -0.294. The van der Waals surface area contributed by atoms with Crippen LogP contribution in [0.3, 0.4) is 0 Å². The van der Waals surface area contributed by atoms with Crippen molar-refractivity contribution in [2.24, 2.45) is 0 Å². The number of morpholine rings is 1. The van der Waals surface area contributed by atoms with Crippen LogP contribution in [-0.2, 0) is 4.74 Å². The summed E-state index contributed by atoms with van der Waals surface area (Å²) in [5.41, 5.74) is 2.86. The Morgan fingerprint density at radius 1 is 0.833 bits per heavy atom. The molecular weight excluding hydrogens is 383 g/mol. The van der Waals surface area contributed by atoms with Gasteiger partial charge in [0.2, 0.25) is 17.8 Å². The van der Waals surface area contributed by atoms with Gasteiger partial charge in [-0.15, -0.1) is 0 Å². The highest BCUT2D eigenvalue weighted by atomic mass is 19.1. The molecule has 156 valence electrons. The van der Waals surface area contributed by atoms with E-state index < -0.39 is 0 Å². The Morgan fingerprint density at radius 3 is 1.90 bits per heavy atom. The van der Waals surface area contributed by atoms with Gasteiger partial charge in [0.1, 0.15) is 5.82 Å². The van der Waals surface area contributed by atoms with Crippen LogP contribution in [0.25, 0.3) is 0 Å². The number of ether oxygens (including phenoxy) is 1. The second-order valence-corrected chi connectivity index (χ2v) is 7.42. The topological polar surface area (TPSA) is 75.2 Å². The lowest BCUT2D eigenvalue weighted by atomic mass is 10.0. The molecule has 0 bridgehead atoms. The normalized spacial score (nSPS) is 14.1. The first-order chi connectivity index (χ1) is 14.6. The van der Waals surface area contributed by atoms with Crippen LogP contribution in [0, 0.1) is 5.82 Å². The molecule has 0 saturated carbocycles. The van der Waals surface area contributed by atoms with Gasteiger partial charge >= 0.3 is 0 Å². The molecule has 1 aromatic heterocycles. The van der Waals surface area contributed by atoms with Gasteiger partial charge in [-0.05, 0) is 47.9 Å². The van der Waals surface area contributed by atoms with Crippen molar-refractivity contribution in [1.29, 1.82) is 0 Å². The van der Waals surface area contributed by atoms with Crippen molar-refractivity contribution in [2.45, 2.75) is 19.8 Å². The van der Waals surface area contributed by atoms with Crippen molar-refractivity contribution in [1.82, 2.24) is 15.0 Å². The molecule has 0 radical (unpaired) electrons. The van der Waals surface area contributed by atoms with Crippen LogP contribution < -0.4 is 15.5 Å². The van der Waals surface area contributed by atoms with Gasteiger partial charge in [-0.2, -0.15) is 15.0 Å². The average Bonchev–Trinajstić information content (AvgIpc) is 2.76. The van der Waals surface area contributed by atoms with Crippen LogP contribution >= 0.6 is 0 Å². The third-order valence-electron chi connectivity index (χ3n) is 4.85. The molecule has 7 nitrogen and oxygen atoms in total. The summed E-state index contributed by atoms with van der Waals surface area (Å²) in [5, 5.41) is 6.40. The van der Waals surface area contributed by atoms with Crippen LogP contribution in [0.2, 0.25) is 0 Å². The van der Waals surface area contributed by atoms with Crippen molar-refractivity contribution < 1.29 is 9.13 Å². The monoisotopic (exact) mass is 408 g/mol. The van der Waals surface area contributed by atoms with Gasteiger partial charge in [0, 0.05) is 24.5 Å². The Labute approximate surface area is 175 Å². The summed E-state index contributed by atoms with van der Waals surface area (Å²) in [6.45, 7) is 7.01. The van der Waals surface area contributed by atoms with Crippen LogP contribution in [-0.4, -0.2) is 41.3 Å². The molecule has 2 heterocycles. The molecule has 3 aromatic rings. The standard InChI is InChI=1S/C22H25FN6O/c1-15(2)16-3-7-18(8-4-16)24-20-26-21(25-19-9-5-17(23)6-10-19)28-22(27-20)29-11-13-30-14-12-29/h3-10,15H,11-14H2,1-2H3,(H2,24,25,26,27,28). The average molecular weight is 408 g/mol. The van der Waals surface area contributed by atoms with E-state index >= 15 is 0 Å². The van der Waals surface area contributed by atoms with Gasteiger partial charge in [0.25, 0.3) is 0 Å². The fourth-order valence-corrected chi connectivity index (χ4v) is 3.12. The number of nitrogens with zero attached hydrogens (tertiary/aromatic N) is 4. The molecule has 2 aromatic carbocycles. The summed E-state index contributed by atoms with van der Waals surface area (Å²) in [7, 11) is 0. The fourth-order valence-electron chi connectivity index (χ4n) is 3.12. The molecule has 0 amide bonds. The lowest BCUT2D eigenvalue weighted by Crippen LogP contribution is -2.37. The predicted molar refractivity (Wildman–Crippen MR) is 116 cm³/mol. The maximum atomic E-state index is 13.2. The van der Waals surface area contributed by atoms with Crippen molar-refractivity contribution >= 4 is 29.2 Å². The number of rotatable bonds is 6. The third kappa shape index (κ3) is 5.01. The first kappa shape index (κ1) is 20.0. The van der Waals surface area contributed by atoms with Crippen LogP contribution in [0.5, 0.6) is 0 Å². The highest BCUT2D eigenvalue weighted by Gasteiger charge is 2.17. The van der Waals surface area contributed by atoms with E-state index in [1.54, 1.807) is 12.1 Å². The highest BCUT2D eigenvalue weighted by molar-refractivity contribution is 5.59. The van der Waals surface area contributed by atoms with E-state index in [1.165, 1.54) is 17.7 Å². The minimum absolute atomic E-state index is 0.294. The van der Waals surface area contributed by atoms with Gasteiger partial charge in [-0.25, -0.2) is 4.39 Å². The maximum absolute atomic E-state index is 13.2. The summed E-state index contributed by atoms with van der Waals surface area (Å²) in [5.74, 6) is 1.57. The zero-order valence-electron chi connectivity index (χ0n) is 17.1. The number of anilines is 5. The van der Waals surface area contributed by atoms with Crippen LogP contribution in [0.1, 0.15) is 25.3 Å². The number of halogens is 1. The number of hydrogen-bond donors (Lipinski definition) is 2. The molecule has 1 aliphatic rings. The molecule has 8 heteroatoms. The zero-order valence-corrected chi connectivity index (χ0v) is 17.1. The van der Waals surface area contributed by atoms with Crippen LogP contribution in [0.4, 0.5) is 33.6 Å². The molecular formula is C22H25FN6O. The fraction of sp³-hybridized carbons (Fsp3) is 0.318. The molecule has 4 rings (SSSR count). The quantitative estimate of drug-likeness (QED) is 0.624. The Kier molecular flexibility index (Phi) is 6.04. The van der Waals surface area contributed by atoms with Crippen molar-refractivity contribution in [2.75, 3.05) is 41.8 Å². The van der Waals surface area contributed by atoms with E-state index in [2.05, 4.69) is 56.5 Å². The smallest absolute Gasteiger partial charge is 0.233 e. The number of nitrogens with one attached hydrogen (secondary N) is 2. The van der Waals surface area contributed by atoms with Crippen molar-refractivity contribution in [3.8, 4) is 0 Å². The number of hydrogen-bond acceptors (Lipinski definition) is 7. The summed E-state index contributed by atoms with van der Waals surface area (Å²) in [4.78, 5) is 15.7. The van der Waals surface area contributed by atoms with E-state index in [0.717, 1.165) is 5.69 Å². The summed E-state index contributed by atoms with van der Waals surface area (Å²) in [6, 6.07) is 14.3. The van der Waals surface area contributed by atoms with E-state index in [-0.39, 0.29) is 5.82 Å². The van der Waals surface area contributed by atoms with Gasteiger partial charge < -0.3 is 20.3 Å². The Hall–Kier alpha value is -3.26. The van der Waals surface area contributed by atoms with E-state index in [4.69, 9.17) is 4.74 Å². The Balaban J connectivity index is 1.61. The summed E-state index contributed by atoms with van der Waals surface area (Å²) >= 11 is 0. The Morgan fingerprint density at radius 2 is 1.37 bits per heavy atom. The molecule has 0 aliphatic carbocycles. The SMILES string of the molecule is CC(C)c1ccc(Nc2nc(Nc3ccc(F)cc3)nc(N3CCOCC3)n2)cc1. The molecule has 0 atom stereocenters. The van der Waals surface area contributed by atoms with Crippen molar-refractivity contribution in [3.05, 3.63) is 59.9 Å². The molecule has 1 saturated heterocycles. The summed E-state index contributed by atoms with van der Waals surface area (Å²) < 4.78 is 18.7. The first-order valence-electron chi connectivity index (χ1n) is 10.1. The molecule has 0 unspecified atom stereocenters. The second-order valence-electron chi connectivity index (χ2n) is 7.42. The van der Waals surface area contributed by atoms with Crippen LogP contribution in [0.15, 0.2) is 48.5 Å². The molecule has 1 aliphatic heterocycles. The van der Waals surface area contributed by atoms with Crippen molar-refractivity contribution in [3.63, 3.8) is 0 Å². The van der Waals surface area contributed by atoms with E-state index in [9.17, 15) is 4.39 Å². The summed E-state index contributed by atoms with van der Waals surface area (Å²) in [6.07, 6.45) is 0. The predicted octanol–water partition coefficient (Wildman–Crippen LogP) is 4.46. The van der Waals surface area contributed by atoms with Gasteiger partial charge in [0.05, 0.1) is 13.2 Å². The second kappa shape index (κ2) is 9.04. The first-order valence-corrected chi connectivity index (χ1v) is 10.1. The molecule has 0 spiro atoms. The molecule has 30 heavy (non-hydrogen) atoms. The van der Waals surface area contributed by atoms with E-state index in [1.807, 2.05) is 12.1 Å². The minimum Gasteiger partial charge on any atom is -0.378 e. The maximum Gasteiger partial charge on any atom is 0.233 e. The zero-order chi connectivity index (χ0) is 20.9. The highest BCUT2D eigenvalue weighted by Crippen LogP contribution is 2.23. The van der Waals surface area contributed by atoms with Gasteiger partial charge in [-0.3, -0.25) is 0 Å². The lowest BCUT2D eigenvalue weighted by molar-refractivity contribution is 0.122. The Bertz CT molecular complexity index is 972. The molecule has 1 fully saturated rings. The number of aromatic nitrogens is 3.